The van der Waals surface area contributed by atoms with Crippen LogP contribution >= 0.6 is 24.8 Å². The molecule has 0 aromatic rings. The third-order valence-corrected chi connectivity index (χ3v) is 6.46. The topological polar surface area (TPSA) is 15.3 Å². The van der Waals surface area contributed by atoms with Crippen molar-refractivity contribution in [3.8, 4) is 0 Å². The van der Waals surface area contributed by atoms with Crippen LogP contribution in [0.15, 0.2) is 0 Å². The second kappa shape index (κ2) is 7.86. The molecule has 1 aliphatic heterocycles. The Morgan fingerprint density at radius 1 is 0.810 bits per heavy atom. The summed E-state index contributed by atoms with van der Waals surface area (Å²) in [6, 6.07) is 0.895. The number of likely N-dealkylation sites (tertiary alicyclic amines) is 1. The van der Waals surface area contributed by atoms with Gasteiger partial charge >= 0.3 is 0 Å². The van der Waals surface area contributed by atoms with Crippen molar-refractivity contribution in [2.45, 2.75) is 57.4 Å². The quantitative estimate of drug-likeness (QED) is 0.770. The van der Waals surface area contributed by atoms with Crippen LogP contribution in [0.3, 0.4) is 0 Å². The van der Waals surface area contributed by atoms with Crippen LogP contribution in [0.5, 0.6) is 0 Å². The zero-order valence-corrected chi connectivity index (χ0v) is 14.8. The summed E-state index contributed by atoms with van der Waals surface area (Å²) in [5, 5.41) is 3.96. The van der Waals surface area contributed by atoms with Crippen molar-refractivity contribution in [2.24, 2.45) is 23.7 Å². The molecule has 1 heterocycles. The molecule has 0 aromatic heterocycles. The Morgan fingerprint density at radius 3 is 1.95 bits per heavy atom. The molecule has 5 fully saturated rings. The fourth-order valence-corrected chi connectivity index (χ4v) is 5.84. The predicted molar refractivity (Wildman–Crippen MR) is 93.6 cm³/mol. The van der Waals surface area contributed by atoms with Crippen LogP contribution in [0.2, 0.25) is 0 Å². The number of halogens is 2. The number of rotatable bonds is 5. The van der Waals surface area contributed by atoms with E-state index in [1.807, 2.05) is 0 Å². The van der Waals surface area contributed by atoms with E-state index in [0.29, 0.717) is 0 Å². The molecule has 0 aromatic carbocycles. The van der Waals surface area contributed by atoms with Gasteiger partial charge in [0.25, 0.3) is 0 Å². The van der Waals surface area contributed by atoms with Crippen LogP contribution in [-0.2, 0) is 0 Å². The molecule has 1 saturated heterocycles. The lowest BCUT2D eigenvalue weighted by Crippen LogP contribution is -2.54. The van der Waals surface area contributed by atoms with Gasteiger partial charge in [0, 0.05) is 6.04 Å². The van der Waals surface area contributed by atoms with Crippen LogP contribution in [-0.4, -0.2) is 37.1 Å². The van der Waals surface area contributed by atoms with E-state index in [4.69, 9.17) is 0 Å². The second-order valence-corrected chi connectivity index (χ2v) is 7.81. The Bertz CT molecular complexity index is 290. The highest BCUT2D eigenvalue weighted by Crippen LogP contribution is 2.53. The van der Waals surface area contributed by atoms with Crippen molar-refractivity contribution in [2.75, 3.05) is 26.2 Å². The zero-order valence-electron chi connectivity index (χ0n) is 13.1. The van der Waals surface area contributed by atoms with E-state index in [2.05, 4.69) is 10.2 Å². The average molecular weight is 335 g/mol. The Morgan fingerprint density at radius 2 is 1.38 bits per heavy atom. The van der Waals surface area contributed by atoms with Crippen LogP contribution in [0, 0.1) is 23.7 Å². The van der Waals surface area contributed by atoms with Crippen molar-refractivity contribution in [1.29, 1.82) is 0 Å². The second-order valence-electron chi connectivity index (χ2n) is 7.81. The number of nitrogens with zero attached hydrogens (tertiary/aromatic N) is 1. The van der Waals surface area contributed by atoms with Crippen LogP contribution in [0.1, 0.15) is 51.4 Å². The summed E-state index contributed by atoms with van der Waals surface area (Å²) < 4.78 is 0. The average Bonchev–Trinajstić information content (AvgIpc) is 2.89. The summed E-state index contributed by atoms with van der Waals surface area (Å²) >= 11 is 0. The first-order valence-electron chi connectivity index (χ1n) is 8.84. The highest BCUT2D eigenvalue weighted by atomic mass is 35.5. The summed E-state index contributed by atoms with van der Waals surface area (Å²) in [7, 11) is 0. The Hall–Kier alpha value is 0.500. The molecule has 0 atom stereocenters. The van der Waals surface area contributed by atoms with Gasteiger partial charge in [0.1, 0.15) is 0 Å². The van der Waals surface area contributed by atoms with Crippen LogP contribution in [0.25, 0.3) is 0 Å². The van der Waals surface area contributed by atoms with E-state index in [-0.39, 0.29) is 24.8 Å². The summed E-state index contributed by atoms with van der Waals surface area (Å²) in [6.45, 7) is 5.32. The number of hydrogen-bond acceptors (Lipinski definition) is 2. The van der Waals surface area contributed by atoms with Gasteiger partial charge in [-0.2, -0.15) is 0 Å². The maximum absolute atomic E-state index is 3.96. The van der Waals surface area contributed by atoms with E-state index in [1.54, 1.807) is 32.1 Å². The van der Waals surface area contributed by atoms with E-state index in [9.17, 15) is 0 Å². The molecular formula is C17H32Cl2N2. The van der Waals surface area contributed by atoms with E-state index < -0.39 is 0 Å². The molecule has 4 bridgehead atoms. The molecule has 124 valence electrons. The molecule has 0 radical (unpaired) electrons. The molecule has 4 saturated carbocycles. The first-order chi connectivity index (χ1) is 9.38. The molecular weight excluding hydrogens is 303 g/mol. The number of nitrogens with one attached hydrogen (secondary N) is 1. The maximum Gasteiger partial charge on any atom is 0.0124 e. The predicted octanol–water partition coefficient (Wildman–Crippen LogP) is 3.73. The van der Waals surface area contributed by atoms with Crippen molar-refractivity contribution >= 4 is 24.8 Å². The summed E-state index contributed by atoms with van der Waals surface area (Å²) in [4.78, 5) is 2.65. The van der Waals surface area contributed by atoms with Crippen LogP contribution in [0.4, 0.5) is 0 Å². The molecule has 4 heteroatoms. The molecule has 0 unspecified atom stereocenters. The van der Waals surface area contributed by atoms with Gasteiger partial charge in [0.15, 0.2) is 0 Å². The molecule has 0 spiro atoms. The van der Waals surface area contributed by atoms with Gasteiger partial charge in [-0.1, -0.05) is 0 Å². The Balaban J connectivity index is 0.000000807. The largest absolute Gasteiger partial charge is 0.313 e. The molecule has 5 rings (SSSR count). The van der Waals surface area contributed by atoms with Gasteiger partial charge in [0.05, 0.1) is 0 Å². The van der Waals surface area contributed by atoms with Crippen molar-refractivity contribution < 1.29 is 0 Å². The lowest BCUT2D eigenvalue weighted by molar-refractivity contribution is -0.0136. The minimum atomic E-state index is 0. The van der Waals surface area contributed by atoms with Gasteiger partial charge in [-0.25, -0.2) is 0 Å². The highest BCUT2D eigenvalue weighted by Gasteiger charge is 2.47. The maximum atomic E-state index is 3.96. The standard InChI is InChI=1S/C17H30N2.2ClH/c1-2-6-19(5-1)7-3-4-18-17-15-9-13-8-14(11-15)12-16(17)10-13;;/h13-18H,1-12H2;2*1H. The fourth-order valence-electron chi connectivity index (χ4n) is 5.84. The SMILES string of the molecule is C1CCN(CCCNC2C3CC4CC(C3)CC2C4)C1.Cl.Cl. The van der Waals surface area contributed by atoms with Gasteiger partial charge < -0.3 is 10.2 Å². The van der Waals surface area contributed by atoms with Gasteiger partial charge in [-0.05, 0) is 101 Å². The fraction of sp³-hybridized carbons (Fsp3) is 1.00. The van der Waals surface area contributed by atoms with Crippen molar-refractivity contribution in [1.82, 2.24) is 10.2 Å². The minimum Gasteiger partial charge on any atom is -0.313 e. The van der Waals surface area contributed by atoms with Crippen molar-refractivity contribution in [3.05, 3.63) is 0 Å². The van der Waals surface area contributed by atoms with E-state index in [1.165, 1.54) is 45.4 Å². The highest BCUT2D eigenvalue weighted by molar-refractivity contribution is 5.85. The monoisotopic (exact) mass is 334 g/mol. The first kappa shape index (κ1) is 17.8. The number of hydrogen-bond donors (Lipinski definition) is 1. The third-order valence-electron chi connectivity index (χ3n) is 6.46. The Labute approximate surface area is 142 Å². The summed E-state index contributed by atoms with van der Waals surface area (Å²) in [5.41, 5.74) is 0. The third kappa shape index (κ3) is 3.88. The first-order valence-corrected chi connectivity index (χ1v) is 8.84. The molecule has 1 N–H and O–H groups in total. The smallest absolute Gasteiger partial charge is 0.0124 e. The van der Waals surface area contributed by atoms with E-state index in [0.717, 1.165) is 29.7 Å². The van der Waals surface area contributed by atoms with Gasteiger partial charge in [-0.15, -0.1) is 24.8 Å². The Kier molecular flexibility index (Phi) is 6.68. The summed E-state index contributed by atoms with van der Waals surface area (Å²) in [5.74, 6) is 4.32. The normalized spacial score (nSPS) is 40.9. The molecule has 21 heavy (non-hydrogen) atoms. The van der Waals surface area contributed by atoms with E-state index >= 15 is 0 Å². The molecule has 0 amide bonds. The zero-order chi connectivity index (χ0) is 12.7. The molecule has 4 aliphatic carbocycles. The van der Waals surface area contributed by atoms with Gasteiger partial charge in [0.2, 0.25) is 0 Å². The van der Waals surface area contributed by atoms with Gasteiger partial charge in [-0.3, -0.25) is 0 Å². The lowest BCUT2D eigenvalue weighted by Gasteiger charge is -2.54. The molecule has 2 nitrogen and oxygen atoms in total. The van der Waals surface area contributed by atoms with Crippen molar-refractivity contribution in [3.63, 3.8) is 0 Å². The lowest BCUT2D eigenvalue weighted by atomic mass is 9.54. The summed E-state index contributed by atoms with van der Waals surface area (Å²) in [6.07, 6.45) is 12.0. The molecule has 5 aliphatic rings. The van der Waals surface area contributed by atoms with Crippen LogP contribution < -0.4 is 5.32 Å². The minimum absolute atomic E-state index is 0.